The van der Waals surface area contributed by atoms with E-state index in [0.29, 0.717) is 0 Å². The number of benzene rings is 4. The van der Waals surface area contributed by atoms with E-state index >= 15 is 0 Å². The number of rotatable bonds is 10. The van der Waals surface area contributed by atoms with Crippen LogP contribution in [-0.4, -0.2) is 13.1 Å². The second-order valence-corrected chi connectivity index (χ2v) is 10.3. The molecule has 0 amide bonds. The highest BCUT2D eigenvalue weighted by Crippen LogP contribution is 2.46. The summed E-state index contributed by atoms with van der Waals surface area (Å²) in [6, 6.07) is 26.1. The van der Waals surface area contributed by atoms with Crippen LogP contribution in [0.3, 0.4) is 0 Å². The topological polar surface area (TPSA) is 24.5 Å². The van der Waals surface area contributed by atoms with E-state index in [1.807, 2.05) is 0 Å². The molecule has 0 aliphatic carbocycles. The van der Waals surface area contributed by atoms with Crippen LogP contribution < -0.4 is 15.0 Å². The summed E-state index contributed by atoms with van der Waals surface area (Å²) in [6.07, 6.45) is 8.21. The third-order valence-electron chi connectivity index (χ3n) is 7.49. The van der Waals surface area contributed by atoms with Gasteiger partial charge in [-0.1, -0.05) is 87.5 Å². The maximum atomic E-state index is 6.62. The first-order valence-electron chi connectivity index (χ1n) is 13.6. The zero-order chi connectivity index (χ0) is 25.8. The summed E-state index contributed by atoms with van der Waals surface area (Å²) in [6.45, 7) is 12.8. The maximum absolute atomic E-state index is 6.62. The van der Waals surface area contributed by atoms with Gasteiger partial charge in [0.25, 0.3) is 0 Å². The number of anilines is 2. The summed E-state index contributed by atoms with van der Waals surface area (Å²) in [5, 5.41) is 8.66. The first kappa shape index (κ1) is 25.0. The summed E-state index contributed by atoms with van der Waals surface area (Å²) in [5.74, 6) is 1.91. The van der Waals surface area contributed by atoms with Gasteiger partial charge < -0.3 is 15.0 Å². The van der Waals surface area contributed by atoms with Gasteiger partial charge in [-0.3, -0.25) is 0 Å². The predicted octanol–water partition coefficient (Wildman–Crippen LogP) is 9.19. The minimum atomic E-state index is -0.149. The molecule has 0 aromatic heterocycles. The van der Waals surface area contributed by atoms with E-state index in [1.165, 1.54) is 32.8 Å². The number of nitrogens with zero attached hydrogens (tertiary/aromatic N) is 1. The molecule has 1 heterocycles. The Hall–Kier alpha value is -3.72. The fourth-order valence-electron chi connectivity index (χ4n) is 5.68. The number of hydrogen-bond acceptors (Lipinski definition) is 3. The van der Waals surface area contributed by atoms with Gasteiger partial charge >= 0.3 is 0 Å². The van der Waals surface area contributed by atoms with Crippen LogP contribution in [0.25, 0.3) is 21.5 Å². The monoisotopic (exact) mass is 490 g/mol. The fourth-order valence-corrected chi connectivity index (χ4v) is 5.68. The molecule has 0 radical (unpaired) electrons. The van der Waals surface area contributed by atoms with Crippen molar-refractivity contribution in [3.8, 4) is 5.75 Å². The van der Waals surface area contributed by atoms with Crippen molar-refractivity contribution in [1.82, 2.24) is 0 Å². The summed E-state index contributed by atoms with van der Waals surface area (Å²) in [7, 11) is 0. The molecule has 4 aromatic rings. The van der Waals surface area contributed by atoms with Crippen LogP contribution in [0, 0.1) is 0 Å². The zero-order valence-corrected chi connectivity index (χ0v) is 22.4. The molecule has 3 nitrogen and oxygen atoms in total. The highest BCUT2D eigenvalue weighted by atomic mass is 16.5. The molecule has 3 heteroatoms. The molecule has 0 spiro atoms. The van der Waals surface area contributed by atoms with Crippen molar-refractivity contribution in [3.05, 3.63) is 103 Å². The van der Waals surface area contributed by atoms with E-state index in [4.69, 9.17) is 4.74 Å². The van der Waals surface area contributed by atoms with Crippen LogP contribution >= 0.6 is 0 Å². The first-order chi connectivity index (χ1) is 18.1. The van der Waals surface area contributed by atoms with Gasteiger partial charge in [-0.25, -0.2) is 0 Å². The molecule has 0 fully saturated rings. The number of nitrogens with one attached hydrogen (secondary N) is 1. The van der Waals surface area contributed by atoms with Crippen molar-refractivity contribution >= 4 is 32.9 Å². The van der Waals surface area contributed by atoms with Crippen molar-refractivity contribution in [2.75, 3.05) is 23.3 Å². The first-order valence-corrected chi connectivity index (χ1v) is 13.6. The van der Waals surface area contributed by atoms with Crippen molar-refractivity contribution in [2.45, 2.75) is 51.9 Å². The Balaban J connectivity index is 1.58. The minimum Gasteiger partial charge on any atom is -0.438 e. The van der Waals surface area contributed by atoms with Gasteiger partial charge in [0, 0.05) is 29.6 Å². The number of hydrogen-bond donors (Lipinski definition) is 1. The van der Waals surface area contributed by atoms with Crippen LogP contribution in [0.2, 0.25) is 0 Å². The Labute approximate surface area is 221 Å². The Kier molecular flexibility index (Phi) is 7.23. The van der Waals surface area contributed by atoms with E-state index in [0.717, 1.165) is 56.1 Å². The molecule has 4 aromatic carbocycles. The highest BCUT2D eigenvalue weighted by molar-refractivity contribution is 5.95. The van der Waals surface area contributed by atoms with Gasteiger partial charge in [0.2, 0.25) is 0 Å². The lowest BCUT2D eigenvalue weighted by molar-refractivity contribution is 0.425. The molecule has 0 saturated carbocycles. The minimum absolute atomic E-state index is 0.149. The van der Waals surface area contributed by atoms with Crippen LogP contribution in [0.1, 0.15) is 52.0 Å². The lowest BCUT2D eigenvalue weighted by atomic mass is 9.74. The van der Waals surface area contributed by atoms with Gasteiger partial charge in [-0.15, -0.1) is 6.58 Å². The molecule has 1 N–H and O–H groups in total. The van der Waals surface area contributed by atoms with Crippen LogP contribution in [0.15, 0.2) is 97.4 Å². The molecule has 0 bridgehead atoms. The molecule has 1 aliphatic rings. The predicted molar refractivity (Wildman–Crippen MR) is 160 cm³/mol. The quantitative estimate of drug-likeness (QED) is 0.224. The normalized spacial score (nSPS) is 15.5. The Bertz CT molecular complexity index is 1450. The summed E-state index contributed by atoms with van der Waals surface area (Å²) in [5.41, 5.74) is 3.59. The highest BCUT2D eigenvalue weighted by Gasteiger charge is 2.32. The van der Waals surface area contributed by atoms with E-state index in [2.05, 4.69) is 123 Å². The molecular weight excluding hydrogens is 452 g/mol. The Morgan fingerprint density at radius 2 is 1.57 bits per heavy atom. The van der Waals surface area contributed by atoms with Gasteiger partial charge in [-0.2, -0.15) is 0 Å². The smallest absolute Gasteiger partial charge is 0.196 e. The van der Waals surface area contributed by atoms with E-state index < -0.39 is 0 Å². The zero-order valence-electron chi connectivity index (χ0n) is 22.4. The van der Waals surface area contributed by atoms with Crippen molar-refractivity contribution in [1.29, 1.82) is 0 Å². The molecule has 5 rings (SSSR count). The maximum Gasteiger partial charge on any atom is 0.196 e. The number of fused-ring (bicyclic) bond motifs is 4. The van der Waals surface area contributed by atoms with Gasteiger partial charge in [0.05, 0.1) is 5.69 Å². The standard InChI is InChI=1S/C34H38N2O/c1-5-21-34(4,32-27-14-10-8-12-25(27)16-18-29(32)35-23-6-2)22-20-31-36(24-7-3)30-19-17-26-13-9-11-15-28(26)33(30)37-31/h5,8-20,35H,1,6-7,21-24H2,2-4H3/b31-20-. The fraction of sp³-hybridized carbons (Fsp3) is 0.294. The van der Waals surface area contributed by atoms with Crippen LogP contribution in [0.5, 0.6) is 5.75 Å². The van der Waals surface area contributed by atoms with Gasteiger partial charge in [0.15, 0.2) is 11.6 Å². The molecule has 37 heavy (non-hydrogen) atoms. The lowest BCUT2D eigenvalue weighted by Crippen LogP contribution is -2.25. The molecule has 1 atom stereocenters. The summed E-state index contributed by atoms with van der Waals surface area (Å²) in [4.78, 5) is 2.34. The van der Waals surface area contributed by atoms with Crippen molar-refractivity contribution < 1.29 is 4.74 Å². The van der Waals surface area contributed by atoms with Gasteiger partial charge in [0.1, 0.15) is 0 Å². The third kappa shape index (κ3) is 4.71. The second kappa shape index (κ2) is 10.7. The average molecular weight is 491 g/mol. The largest absolute Gasteiger partial charge is 0.438 e. The molecule has 1 aliphatic heterocycles. The number of allylic oxidation sites excluding steroid dienone is 2. The van der Waals surface area contributed by atoms with E-state index in [9.17, 15) is 0 Å². The molecule has 1 unspecified atom stereocenters. The second-order valence-electron chi connectivity index (χ2n) is 10.3. The third-order valence-corrected chi connectivity index (χ3v) is 7.49. The van der Waals surface area contributed by atoms with Crippen molar-refractivity contribution in [3.63, 3.8) is 0 Å². The molecule has 0 saturated heterocycles. The van der Waals surface area contributed by atoms with Crippen LogP contribution in [-0.2, 0) is 5.41 Å². The van der Waals surface area contributed by atoms with E-state index in [-0.39, 0.29) is 5.41 Å². The average Bonchev–Trinajstić information content (AvgIpc) is 3.28. The molecule has 190 valence electrons. The summed E-state index contributed by atoms with van der Waals surface area (Å²) >= 11 is 0. The van der Waals surface area contributed by atoms with E-state index in [1.54, 1.807) is 0 Å². The lowest BCUT2D eigenvalue weighted by Gasteiger charge is -2.32. The SMILES string of the molecule is C=CCC(C)(C/C=C1\Oc2c(ccc3ccccc23)N1CCC)c1c(NCCC)ccc2ccccc12. The molecular formula is C34H38N2O. The van der Waals surface area contributed by atoms with Gasteiger partial charge in [-0.05, 0) is 65.6 Å². The summed E-state index contributed by atoms with van der Waals surface area (Å²) < 4.78 is 6.62. The Morgan fingerprint density at radius 1 is 0.865 bits per heavy atom. The Morgan fingerprint density at radius 3 is 2.30 bits per heavy atom. The number of ether oxygens (including phenoxy) is 1. The van der Waals surface area contributed by atoms with Crippen molar-refractivity contribution in [2.24, 2.45) is 0 Å². The van der Waals surface area contributed by atoms with Crippen LogP contribution in [0.4, 0.5) is 11.4 Å².